The number of halogens is 2. The van der Waals surface area contributed by atoms with E-state index in [1.165, 1.54) is 0 Å². The highest BCUT2D eigenvalue weighted by Crippen LogP contribution is 2.48. The van der Waals surface area contributed by atoms with Gasteiger partial charge in [-0.2, -0.15) is 0 Å². The van der Waals surface area contributed by atoms with E-state index in [0.29, 0.717) is 10.2 Å². The second-order valence-corrected chi connectivity index (χ2v) is 5.51. The molecular weight excluding hydrogens is 386 g/mol. The lowest BCUT2D eigenvalue weighted by molar-refractivity contribution is -0.384. The van der Waals surface area contributed by atoms with E-state index in [1.54, 1.807) is 6.07 Å². The molecule has 2 aromatic carbocycles. The summed E-state index contributed by atoms with van der Waals surface area (Å²) in [6, 6.07) is 1.58. The van der Waals surface area contributed by atoms with Crippen LogP contribution in [-0.4, -0.2) is 4.92 Å². The molecular formula is C10H3Br2N3O4. The molecule has 1 heterocycles. The summed E-state index contributed by atoms with van der Waals surface area (Å²) in [6.45, 7) is 0. The summed E-state index contributed by atoms with van der Waals surface area (Å²) in [4.78, 5) is 33.2. The molecule has 0 spiro atoms. The molecule has 0 saturated carbocycles. The molecule has 0 radical (unpaired) electrons. The average molecular weight is 389 g/mol. The maximum atomic E-state index is 11.3. The van der Waals surface area contributed by atoms with Gasteiger partial charge in [-0.15, -0.1) is 0 Å². The van der Waals surface area contributed by atoms with Gasteiger partial charge in [0.25, 0.3) is 10.9 Å². The zero-order chi connectivity index (χ0) is 13.9. The van der Waals surface area contributed by atoms with E-state index in [-0.39, 0.29) is 27.2 Å². The number of nitro benzene ring substituents is 1. The van der Waals surface area contributed by atoms with Crippen molar-refractivity contribution in [2.24, 2.45) is 0 Å². The maximum absolute atomic E-state index is 11.3. The van der Waals surface area contributed by atoms with Crippen molar-refractivity contribution < 1.29 is 4.92 Å². The number of rotatable bonds is 1. The fourth-order valence-electron chi connectivity index (χ4n) is 1.90. The van der Waals surface area contributed by atoms with Crippen molar-refractivity contribution in [1.82, 2.24) is 0 Å². The zero-order valence-corrected chi connectivity index (χ0v) is 12.1. The van der Waals surface area contributed by atoms with Crippen molar-refractivity contribution in [2.45, 2.75) is 0 Å². The minimum absolute atomic E-state index is 0.0647. The Labute approximate surface area is 121 Å². The SMILES string of the molecule is O=c1c2c(c1=O)Nc1c(cc(Br)c(Br)c1[N+](=O)[O-])N2. The monoisotopic (exact) mass is 387 g/mol. The lowest BCUT2D eigenvalue weighted by Gasteiger charge is -2.23. The Morgan fingerprint density at radius 2 is 1.63 bits per heavy atom. The van der Waals surface area contributed by atoms with Gasteiger partial charge >= 0.3 is 5.69 Å². The second-order valence-electron chi connectivity index (χ2n) is 3.86. The van der Waals surface area contributed by atoms with Crippen LogP contribution in [0.2, 0.25) is 0 Å². The molecule has 3 rings (SSSR count). The molecule has 19 heavy (non-hydrogen) atoms. The highest BCUT2D eigenvalue weighted by Gasteiger charge is 2.33. The van der Waals surface area contributed by atoms with Gasteiger partial charge < -0.3 is 10.6 Å². The number of benzene rings is 1. The van der Waals surface area contributed by atoms with Crippen molar-refractivity contribution >= 4 is 60.3 Å². The summed E-state index contributed by atoms with van der Waals surface area (Å²) in [6.07, 6.45) is 0. The number of anilines is 4. The number of nitrogens with one attached hydrogen (secondary N) is 2. The normalized spacial score (nSPS) is 12.3. The van der Waals surface area contributed by atoms with E-state index in [4.69, 9.17) is 0 Å². The number of fused-ring (bicyclic) bond motifs is 2. The van der Waals surface area contributed by atoms with Crippen molar-refractivity contribution in [3.05, 3.63) is 45.6 Å². The first-order chi connectivity index (χ1) is 8.91. The van der Waals surface area contributed by atoms with E-state index in [0.717, 1.165) is 0 Å². The molecule has 0 unspecified atom stereocenters. The number of hydrogen-bond acceptors (Lipinski definition) is 6. The molecule has 2 N–H and O–H groups in total. The third-order valence-corrected chi connectivity index (χ3v) is 4.76. The summed E-state index contributed by atoms with van der Waals surface area (Å²) in [5.41, 5.74) is -0.802. The summed E-state index contributed by atoms with van der Waals surface area (Å²) < 4.78 is 0.724. The van der Waals surface area contributed by atoms with Crippen molar-refractivity contribution in [3.8, 4) is 0 Å². The van der Waals surface area contributed by atoms with Gasteiger partial charge in [-0.3, -0.25) is 19.7 Å². The van der Waals surface area contributed by atoms with Gasteiger partial charge in [0.15, 0.2) is 0 Å². The molecule has 0 fully saturated rings. The zero-order valence-electron chi connectivity index (χ0n) is 8.91. The molecule has 0 bridgehead atoms. The van der Waals surface area contributed by atoms with E-state index in [9.17, 15) is 19.7 Å². The average Bonchev–Trinajstić information content (AvgIpc) is 2.37. The summed E-state index contributed by atoms with van der Waals surface area (Å²) in [5.74, 6) is 0. The van der Waals surface area contributed by atoms with Gasteiger partial charge in [-0.05, 0) is 37.9 Å². The first-order valence-corrected chi connectivity index (χ1v) is 6.54. The molecule has 0 atom stereocenters. The lowest BCUT2D eigenvalue weighted by atomic mass is 10.1. The van der Waals surface area contributed by atoms with E-state index in [1.807, 2.05) is 0 Å². The Bertz CT molecular complexity index is 823. The molecule has 0 aliphatic carbocycles. The van der Waals surface area contributed by atoms with E-state index in [2.05, 4.69) is 42.5 Å². The van der Waals surface area contributed by atoms with Crippen LogP contribution >= 0.6 is 31.9 Å². The smallest absolute Gasteiger partial charge is 0.310 e. The highest BCUT2D eigenvalue weighted by molar-refractivity contribution is 9.13. The Balaban J connectivity index is 2.27. The van der Waals surface area contributed by atoms with Gasteiger partial charge in [-0.25, -0.2) is 0 Å². The lowest BCUT2D eigenvalue weighted by Crippen LogP contribution is -2.37. The quantitative estimate of drug-likeness (QED) is 0.377. The highest BCUT2D eigenvalue weighted by atomic mass is 79.9. The van der Waals surface area contributed by atoms with Gasteiger partial charge in [0.1, 0.15) is 21.5 Å². The molecule has 0 saturated heterocycles. The van der Waals surface area contributed by atoms with Gasteiger partial charge in [-0.1, -0.05) is 0 Å². The molecule has 1 aliphatic heterocycles. The largest absolute Gasteiger partial charge is 0.348 e. The van der Waals surface area contributed by atoms with Gasteiger partial charge in [0, 0.05) is 4.47 Å². The number of hydrogen-bond donors (Lipinski definition) is 2. The molecule has 0 aromatic heterocycles. The fourth-order valence-corrected chi connectivity index (χ4v) is 2.77. The molecule has 96 valence electrons. The van der Waals surface area contributed by atoms with Crippen molar-refractivity contribution in [2.75, 3.05) is 10.6 Å². The molecule has 0 amide bonds. The van der Waals surface area contributed by atoms with E-state index >= 15 is 0 Å². The Hall–Kier alpha value is -1.74. The third kappa shape index (κ3) is 1.55. The third-order valence-electron chi connectivity index (χ3n) is 2.80. The molecule has 9 heteroatoms. The predicted octanol–water partition coefficient (Wildman–Crippen LogP) is 2.52. The van der Waals surface area contributed by atoms with Crippen LogP contribution in [0.1, 0.15) is 0 Å². The Morgan fingerprint density at radius 1 is 1.05 bits per heavy atom. The number of nitrogens with zero attached hydrogens (tertiary/aromatic N) is 1. The van der Waals surface area contributed by atoms with Crippen LogP contribution in [0, 0.1) is 10.1 Å². The van der Waals surface area contributed by atoms with Crippen LogP contribution in [0.5, 0.6) is 0 Å². The minimum atomic E-state index is -0.679. The minimum Gasteiger partial charge on any atom is -0.348 e. The Morgan fingerprint density at radius 3 is 2.21 bits per heavy atom. The molecule has 7 nitrogen and oxygen atoms in total. The summed E-state index contributed by atoms with van der Waals surface area (Å²) >= 11 is 6.30. The van der Waals surface area contributed by atoms with Crippen LogP contribution in [-0.2, 0) is 0 Å². The van der Waals surface area contributed by atoms with Crippen LogP contribution in [0.15, 0.2) is 24.6 Å². The summed E-state index contributed by atoms with van der Waals surface area (Å²) in [5, 5.41) is 16.5. The van der Waals surface area contributed by atoms with Crippen LogP contribution in [0.25, 0.3) is 0 Å². The first-order valence-electron chi connectivity index (χ1n) is 4.95. The topological polar surface area (TPSA) is 101 Å². The Kier molecular flexibility index (Phi) is 2.51. The van der Waals surface area contributed by atoms with Gasteiger partial charge in [0.2, 0.25) is 0 Å². The molecule has 2 aromatic rings. The van der Waals surface area contributed by atoms with Crippen LogP contribution in [0.3, 0.4) is 0 Å². The number of nitro groups is 1. The second kappa shape index (κ2) is 3.87. The molecule has 1 aliphatic rings. The van der Waals surface area contributed by atoms with Crippen LogP contribution < -0.4 is 21.5 Å². The predicted molar refractivity (Wildman–Crippen MR) is 76.4 cm³/mol. The summed E-state index contributed by atoms with van der Waals surface area (Å²) in [7, 11) is 0. The van der Waals surface area contributed by atoms with E-state index < -0.39 is 15.8 Å². The van der Waals surface area contributed by atoms with Crippen molar-refractivity contribution in [1.29, 1.82) is 0 Å². The maximum Gasteiger partial charge on any atom is 0.310 e. The standard InChI is InChI=1S/C10H3Br2N3O4/c11-2-1-3-5(8(4(2)12)15(18)19)14-7-6(13-3)9(16)10(7)17/h1,13-14H. The van der Waals surface area contributed by atoms with Crippen LogP contribution in [0.4, 0.5) is 28.4 Å². The van der Waals surface area contributed by atoms with Gasteiger partial charge in [0.05, 0.1) is 10.6 Å². The van der Waals surface area contributed by atoms with Crippen molar-refractivity contribution in [3.63, 3.8) is 0 Å². The fraction of sp³-hybridized carbons (Fsp3) is 0. The first kappa shape index (κ1) is 12.3.